The standard InChI is InChI=1S/C40H58N2/c1-29(17-13-19-31(3)21-23-37-33(5)25-35(41)27-39(37,7)8)15-11-12-16-30(2)18-14-20-32(4)22-24-38-34(6)26-36(42)28-40(38,9)10/h11-24,35-36H,25-28,41-42H2,1-10H3/b12-11+,17-13+,18-14+,23-21+,24-22+,29-15+,30-16+,31-19+,32-20+/t35-,36-/m0/s1. The van der Waals surface area contributed by atoms with E-state index < -0.39 is 0 Å². The average molecular weight is 567 g/mol. The number of hydrogen-bond donors (Lipinski definition) is 2. The van der Waals surface area contributed by atoms with Gasteiger partial charge in [0.1, 0.15) is 0 Å². The minimum Gasteiger partial charge on any atom is -0.327 e. The molecular formula is C40H58N2. The maximum Gasteiger partial charge on any atom is 0.00844 e. The van der Waals surface area contributed by atoms with Gasteiger partial charge in [0.15, 0.2) is 0 Å². The molecule has 0 saturated carbocycles. The third kappa shape index (κ3) is 11.7. The van der Waals surface area contributed by atoms with Crippen molar-refractivity contribution < 1.29 is 0 Å². The molecule has 4 N–H and O–H groups in total. The maximum atomic E-state index is 6.24. The Morgan fingerprint density at radius 1 is 0.548 bits per heavy atom. The fraction of sp³-hybridized carbons (Fsp3) is 0.450. The van der Waals surface area contributed by atoms with Crippen LogP contribution in [0.25, 0.3) is 0 Å². The normalized spacial score (nSPS) is 25.0. The van der Waals surface area contributed by atoms with E-state index in [2.05, 4.69) is 154 Å². The quantitative estimate of drug-likeness (QED) is 0.258. The Balaban J connectivity index is 1.90. The highest BCUT2D eigenvalue weighted by molar-refractivity contribution is 5.39. The predicted molar refractivity (Wildman–Crippen MR) is 188 cm³/mol. The SMILES string of the molecule is CC1=C(/C=C/C(C)=C/C=C/C(C)=C/C=C/C=C(C)/C=C/C=C(C)/C=C/C2=C(C)C[C@H](N)CC2(C)C)C(C)(C)C[C@@H](N)C1. The van der Waals surface area contributed by atoms with E-state index in [0.717, 1.165) is 25.7 Å². The van der Waals surface area contributed by atoms with E-state index in [-0.39, 0.29) is 22.9 Å². The van der Waals surface area contributed by atoms with Gasteiger partial charge in [-0.25, -0.2) is 0 Å². The van der Waals surface area contributed by atoms with Gasteiger partial charge in [-0.05, 0) is 89.2 Å². The van der Waals surface area contributed by atoms with E-state index in [1.807, 2.05) is 0 Å². The fourth-order valence-electron chi connectivity index (χ4n) is 6.34. The van der Waals surface area contributed by atoms with Gasteiger partial charge >= 0.3 is 0 Å². The van der Waals surface area contributed by atoms with Crippen molar-refractivity contribution in [3.8, 4) is 0 Å². The van der Waals surface area contributed by atoms with E-state index in [0.29, 0.717) is 0 Å². The molecule has 0 unspecified atom stereocenters. The van der Waals surface area contributed by atoms with Crippen molar-refractivity contribution in [3.05, 3.63) is 130 Å². The Labute approximate surface area is 258 Å². The topological polar surface area (TPSA) is 52.0 Å². The van der Waals surface area contributed by atoms with E-state index in [4.69, 9.17) is 11.5 Å². The first-order valence-electron chi connectivity index (χ1n) is 15.6. The minimum atomic E-state index is 0.134. The Morgan fingerprint density at radius 3 is 1.19 bits per heavy atom. The molecule has 0 aromatic rings. The molecule has 0 amide bonds. The molecule has 0 radical (unpaired) electrons. The first kappa shape index (κ1) is 35.3. The van der Waals surface area contributed by atoms with Gasteiger partial charge in [-0.15, -0.1) is 0 Å². The van der Waals surface area contributed by atoms with Crippen LogP contribution in [0.3, 0.4) is 0 Å². The predicted octanol–water partition coefficient (Wildman–Crippen LogP) is 10.5. The number of hydrogen-bond acceptors (Lipinski definition) is 2. The van der Waals surface area contributed by atoms with Gasteiger partial charge in [-0.2, -0.15) is 0 Å². The second-order valence-electron chi connectivity index (χ2n) is 13.9. The molecule has 0 aromatic heterocycles. The van der Waals surface area contributed by atoms with Gasteiger partial charge < -0.3 is 11.5 Å². The lowest BCUT2D eigenvalue weighted by atomic mass is 9.71. The zero-order valence-corrected chi connectivity index (χ0v) is 28.2. The number of rotatable bonds is 10. The fourth-order valence-corrected chi connectivity index (χ4v) is 6.34. The van der Waals surface area contributed by atoms with Crippen LogP contribution in [0.15, 0.2) is 130 Å². The van der Waals surface area contributed by atoms with Crippen LogP contribution in [0.1, 0.15) is 94.9 Å². The monoisotopic (exact) mass is 566 g/mol. The first-order valence-corrected chi connectivity index (χ1v) is 15.6. The molecule has 0 aliphatic heterocycles. The van der Waals surface area contributed by atoms with Crippen molar-refractivity contribution in [3.63, 3.8) is 0 Å². The van der Waals surface area contributed by atoms with Gasteiger partial charge in [-0.1, -0.05) is 146 Å². The van der Waals surface area contributed by atoms with Crippen LogP contribution >= 0.6 is 0 Å². The van der Waals surface area contributed by atoms with Crippen molar-refractivity contribution >= 4 is 0 Å². The Kier molecular flexibility index (Phi) is 13.5. The van der Waals surface area contributed by atoms with Crippen LogP contribution in [0.5, 0.6) is 0 Å². The zero-order chi connectivity index (χ0) is 31.5. The Bertz CT molecular complexity index is 1190. The van der Waals surface area contributed by atoms with Gasteiger partial charge in [-0.3, -0.25) is 0 Å². The van der Waals surface area contributed by atoms with Crippen molar-refractivity contribution in [2.24, 2.45) is 22.3 Å². The summed E-state index contributed by atoms with van der Waals surface area (Å²) in [7, 11) is 0. The molecule has 0 bridgehead atoms. The van der Waals surface area contributed by atoms with Crippen molar-refractivity contribution in [1.82, 2.24) is 0 Å². The van der Waals surface area contributed by atoms with E-state index in [1.165, 1.54) is 44.6 Å². The second-order valence-corrected chi connectivity index (χ2v) is 13.9. The summed E-state index contributed by atoms with van der Waals surface area (Å²) in [5.41, 5.74) is 23.3. The van der Waals surface area contributed by atoms with E-state index >= 15 is 0 Å². The summed E-state index contributed by atoms with van der Waals surface area (Å²) < 4.78 is 0. The molecule has 0 spiro atoms. The molecule has 42 heavy (non-hydrogen) atoms. The lowest BCUT2D eigenvalue weighted by molar-refractivity contribution is 0.343. The molecule has 0 heterocycles. The summed E-state index contributed by atoms with van der Waals surface area (Å²) in [6.07, 6.45) is 34.4. The lowest BCUT2D eigenvalue weighted by Crippen LogP contribution is -2.33. The molecule has 2 nitrogen and oxygen atoms in total. The molecule has 2 aliphatic rings. The summed E-state index contributed by atoms with van der Waals surface area (Å²) in [6, 6.07) is 0.552. The Morgan fingerprint density at radius 2 is 0.857 bits per heavy atom. The summed E-state index contributed by atoms with van der Waals surface area (Å²) in [5, 5.41) is 0. The van der Waals surface area contributed by atoms with Crippen molar-refractivity contribution in [2.75, 3.05) is 0 Å². The molecule has 2 rings (SSSR count). The highest BCUT2D eigenvalue weighted by Crippen LogP contribution is 2.41. The second kappa shape index (κ2) is 16.1. The van der Waals surface area contributed by atoms with Crippen LogP contribution in [-0.2, 0) is 0 Å². The average Bonchev–Trinajstić information content (AvgIpc) is 2.84. The molecule has 0 saturated heterocycles. The molecule has 2 heteroatoms. The molecule has 2 aliphatic carbocycles. The molecule has 0 aromatic carbocycles. The van der Waals surface area contributed by atoms with Gasteiger partial charge in [0.2, 0.25) is 0 Å². The van der Waals surface area contributed by atoms with Gasteiger partial charge in [0, 0.05) is 12.1 Å². The summed E-state index contributed by atoms with van der Waals surface area (Å²) in [6.45, 7) is 22.2. The van der Waals surface area contributed by atoms with E-state index in [9.17, 15) is 0 Å². The number of nitrogens with two attached hydrogens (primary N) is 2. The number of allylic oxidation sites excluding steroid dienone is 20. The largest absolute Gasteiger partial charge is 0.327 e. The van der Waals surface area contributed by atoms with Crippen molar-refractivity contribution in [2.45, 2.75) is 107 Å². The van der Waals surface area contributed by atoms with Crippen LogP contribution in [-0.4, -0.2) is 12.1 Å². The summed E-state index contributed by atoms with van der Waals surface area (Å²) in [5.74, 6) is 0. The highest BCUT2D eigenvalue weighted by Gasteiger charge is 2.31. The van der Waals surface area contributed by atoms with Gasteiger partial charge in [0.05, 0.1) is 0 Å². The molecule has 2 atom stereocenters. The summed E-state index contributed by atoms with van der Waals surface area (Å²) >= 11 is 0. The molecule has 0 fully saturated rings. The lowest BCUT2D eigenvalue weighted by Gasteiger charge is -2.36. The third-order valence-electron chi connectivity index (χ3n) is 8.35. The molecular weight excluding hydrogens is 508 g/mol. The Hall–Kier alpha value is -2.94. The minimum absolute atomic E-state index is 0.134. The van der Waals surface area contributed by atoms with E-state index in [1.54, 1.807) is 0 Å². The van der Waals surface area contributed by atoms with Gasteiger partial charge in [0.25, 0.3) is 0 Å². The first-order chi connectivity index (χ1) is 19.6. The zero-order valence-electron chi connectivity index (χ0n) is 28.2. The molecule has 228 valence electrons. The third-order valence-corrected chi connectivity index (χ3v) is 8.35. The maximum absolute atomic E-state index is 6.24. The van der Waals surface area contributed by atoms with Crippen LogP contribution < -0.4 is 11.5 Å². The van der Waals surface area contributed by atoms with Crippen LogP contribution in [0, 0.1) is 10.8 Å². The highest BCUT2D eigenvalue weighted by atomic mass is 14.7. The summed E-state index contributed by atoms with van der Waals surface area (Å²) in [4.78, 5) is 0. The van der Waals surface area contributed by atoms with Crippen molar-refractivity contribution in [1.29, 1.82) is 0 Å². The smallest absolute Gasteiger partial charge is 0.00844 e. The van der Waals surface area contributed by atoms with Crippen LogP contribution in [0.4, 0.5) is 0 Å². The van der Waals surface area contributed by atoms with Crippen LogP contribution in [0.2, 0.25) is 0 Å².